The van der Waals surface area contributed by atoms with Crippen molar-refractivity contribution in [3.63, 3.8) is 0 Å². The van der Waals surface area contributed by atoms with Crippen molar-refractivity contribution in [1.82, 2.24) is 4.90 Å². The van der Waals surface area contributed by atoms with Crippen LogP contribution in [-0.2, 0) is 0 Å². The fraction of sp³-hybridized carbons (Fsp3) is 0.235. The Morgan fingerprint density at radius 3 is 2.60 bits per heavy atom. The maximum atomic E-state index is 12.8. The van der Waals surface area contributed by atoms with Gasteiger partial charge >= 0.3 is 0 Å². The van der Waals surface area contributed by atoms with E-state index in [1.807, 2.05) is 60.0 Å². The van der Waals surface area contributed by atoms with Crippen LogP contribution >= 0.6 is 11.8 Å². The van der Waals surface area contributed by atoms with Gasteiger partial charge in [-0.05, 0) is 23.6 Å². The van der Waals surface area contributed by atoms with Crippen LogP contribution in [0.4, 0.5) is 0 Å². The summed E-state index contributed by atoms with van der Waals surface area (Å²) in [5.74, 6) is 2.01. The summed E-state index contributed by atoms with van der Waals surface area (Å²) >= 11 is 1.82. The van der Waals surface area contributed by atoms with Crippen LogP contribution in [0.1, 0.15) is 15.9 Å². The molecule has 1 fully saturated rings. The molecular formula is C17H17NOS. The number of thioether (sulfide) groups is 1. The second kappa shape index (κ2) is 5.71. The van der Waals surface area contributed by atoms with Crippen molar-refractivity contribution >= 4 is 17.7 Å². The molecule has 0 N–H and O–H groups in total. The molecule has 0 bridgehead atoms. The summed E-state index contributed by atoms with van der Waals surface area (Å²) in [6.07, 6.45) is 0. The number of rotatable bonds is 2. The van der Waals surface area contributed by atoms with Gasteiger partial charge in [0.1, 0.15) is 0 Å². The van der Waals surface area contributed by atoms with Gasteiger partial charge in [-0.25, -0.2) is 0 Å². The number of hydrogen-bond acceptors (Lipinski definition) is 2. The molecule has 0 unspecified atom stereocenters. The third kappa shape index (κ3) is 2.46. The van der Waals surface area contributed by atoms with Crippen molar-refractivity contribution < 1.29 is 4.79 Å². The Labute approximate surface area is 123 Å². The Balaban J connectivity index is 2.07. The average molecular weight is 283 g/mol. The van der Waals surface area contributed by atoms with Gasteiger partial charge in [-0.3, -0.25) is 4.79 Å². The minimum Gasteiger partial charge on any atom is -0.329 e. The molecule has 0 atom stereocenters. The largest absolute Gasteiger partial charge is 0.329 e. The minimum absolute atomic E-state index is 0.159. The first-order chi connectivity index (χ1) is 9.77. The molecule has 1 amide bonds. The predicted molar refractivity (Wildman–Crippen MR) is 85.0 cm³/mol. The molecule has 20 heavy (non-hydrogen) atoms. The van der Waals surface area contributed by atoms with Crippen molar-refractivity contribution in [3.8, 4) is 11.1 Å². The zero-order valence-corrected chi connectivity index (χ0v) is 12.3. The van der Waals surface area contributed by atoms with E-state index >= 15 is 0 Å². The summed E-state index contributed by atoms with van der Waals surface area (Å²) in [5, 5.41) is 0. The van der Waals surface area contributed by atoms with E-state index in [1.165, 1.54) is 0 Å². The molecular weight excluding hydrogens is 266 g/mol. The summed E-state index contributed by atoms with van der Waals surface area (Å²) in [5.41, 5.74) is 4.04. The number of carbonyl (C=O) groups is 1. The monoisotopic (exact) mass is 283 g/mol. The smallest absolute Gasteiger partial charge is 0.255 e. The van der Waals surface area contributed by atoms with Crippen LogP contribution in [-0.4, -0.2) is 29.0 Å². The molecule has 1 aliphatic heterocycles. The van der Waals surface area contributed by atoms with Crippen LogP contribution in [0.5, 0.6) is 0 Å². The number of benzene rings is 2. The maximum Gasteiger partial charge on any atom is 0.255 e. The lowest BCUT2D eigenvalue weighted by Crippen LogP contribution is -2.28. The quantitative estimate of drug-likeness (QED) is 0.835. The highest BCUT2D eigenvalue weighted by Crippen LogP contribution is 2.28. The van der Waals surface area contributed by atoms with Crippen molar-refractivity contribution in [2.24, 2.45) is 0 Å². The molecule has 3 heteroatoms. The molecule has 0 radical (unpaired) electrons. The number of hydrogen-bond donors (Lipinski definition) is 0. The van der Waals surface area contributed by atoms with Crippen LogP contribution in [0.2, 0.25) is 0 Å². The van der Waals surface area contributed by atoms with Gasteiger partial charge in [-0.2, -0.15) is 0 Å². The molecule has 1 aliphatic rings. The molecule has 2 nitrogen and oxygen atoms in total. The number of carbonyl (C=O) groups excluding carboxylic acids is 1. The van der Waals surface area contributed by atoms with E-state index < -0.39 is 0 Å². The van der Waals surface area contributed by atoms with Crippen LogP contribution in [0.15, 0.2) is 48.5 Å². The van der Waals surface area contributed by atoms with E-state index in [9.17, 15) is 4.79 Å². The molecule has 102 valence electrons. The second-order valence-electron chi connectivity index (χ2n) is 4.97. The van der Waals surface area contributed by atoms with Gasteiger partial charge in [0.05, 0.1) is 11.4 Å². The van der Waals surface area contributed by atoms with Gasteiger partial charge in [-0.1, -0.05) is 48.5 Å². The second-order valence-corrected chi connectivity index (χ2v) is 6.04. The SMILES string of the molecule is Cc1cccc(-c2ccccc2)c1C(=O)N1CCSC1. The Kier molecular flexibility index (Phi) is 3.79. The van der Waals surface area contributed by atoms with Gasteiger partial charge in [-0.15, -0.1) is 11.8 Å². The van der Waals surface area contributed by atoms with E-state index in [2.05, 4.69) is 12.1 Å². The first kappa shape index (κ1) is 13.3. The van der Waals surface area contributed by atoms with Gasteiger partial charge in [0.25, 0.3) is 5.91 Å². The molecule has 0 aromatic heterocycles. The van der Waals surface area contributed by atoms with Crippen molar-refractivity contribution in [1.29, 1.82) is 0 Å². The normalized spacial score (nSPS) is 14.6. The van der Waals surface area contributed by atoms with E-state index in [-0.39, 0.29) is 5.91 Å². The first-order valence-corrected chi connectivity index (χ1v) is 7.95. The highest BCUT2D eigenvalue weighted by atomic mass is 32.2. The molecule has 2 aromatic rings. The van der Waals surface area contributed by atoms with Crippen LogP contribution in [0.3, 0.4) is 0 Å². The lowest BCUT2D eigenvalue weighted by atomic mass is 9.95. The number of aryl methyl sites for hydroxylation is 1. The Morgan fingerprint density at radius 1 is 1.10 bits per heavy atom. The average Bonchev–Trinajstić information content (AvgIpc) is 3.01. The maximum absolute atomic E-state index is 12.8. The molecule has 0 aliphatic carbocycles. The molecule has 1 heterocycles. The molecule has 0 saturated carbocycles. The fourth-order valence-electron chi connectivity index (χ4n) is 2.54. The van der Waals surface area contributed by atoms with E-state index in [0.29, 0.717) is 0 Å². The third-order valence-electron chi connectivity index (χ3n) is 3.61. The molecule has 2 aromatic carbocycles. The van der Waals surface area contributed by atoms with Gasteiger partial charge < -0.3 is 4.90 Å². The molecule has 3 rings (SSSR count). The number of amides is 1. The highest BCUT2D eigenvalue weighted by molar-refractivity contribution is 7.99. The zero-order valence-electron chi connectivity index (χ0n) is 11.5. The Hall–Kier alpha value is -1.74. The first-order valence-electron chi connectivity index (χ1n) is 6.79. The molecule has 0 spiro atoms. The Bertz CT molecular complexity index is 618. The molecule has 1 saturated heterocycles. The highest BCUT2D eigenvalue weighted by Gasteiger charge is 2.23. The van der Waals surface area contributed by atoms with Crippen LogP contribution in [0.25, 0.3) is 11.1 Å². The summed E-state index contributed by atoms with van der Waals surface area (Å²) in [6, 6.07) is 16.2. The summed E-state index contributed by atoms with van der Waals surface area (Å²) < 4.78 is 0. The third-order valence-corrected chi connectivity index (χ3v) is 4.58. The van der Waals surface area contributed by atoms with Crippen molar-refractivity contribution in [2.75, 3.05) is 18.2 Å². The van der Waals surface area contributed by atoms with E-state index in [4.69, 9.17) is 0 Å². The fourth-order valence-corrected chi connectivity index (χ4v) is 3.49. The topological polar surface area (TPSA) is 20.3 Å². The van der Waals surface area contributed by atoms with Crippen molar-refractivity contribution in [2.45, 2.75) is 6.92 Å². The van der Waals surface area contributed by atoms with Gasteiger partial charge in [0, 0.05) is 12.3 Å². The zero-order chi connectivity index (χ0) is 13.9. The lowest BCUT2D eigenvalue weighted by molar-refractivity contribution is 0.0803. The lowest BCUT2D eigenvalue weighted by Gasteiger charge is -2.19. The van der Waals surface area contributed by atoms with E-state index in [0.717, 1.165) is 40.4 Å². The van der Waals surface area contributed by atoms with E-state index in [1.54, 1.807) is 0 Å². The predicted octanol–water partition coefficient (Wildman–Crippen LogP) is 3.81. The van der Waals surface area contributed by atoms with Gasteiger partial charge in [0.2, 0.25) is 0 Å². The van der Waals surface area contributed by atoms with Crippen LogP contribution in [0, 0.1) is 6.92 Å². The van der Waals surface area contributed by atoms with Crippen LogP contribution < -0.4 is 0 Å². The summed E-state index contributed by atoms with van der Waals surface area (Å²) in [6.45, 7) is 2.87. The number of nitrogens with zero attached hydrogens (tertiary/aromatic N) is 1. The minimum atomic E-state index is 0.159. The standard InChI is InChI=1S/C17H17NOS/c1-13-6-5-9-15(14-7-3-2-4-8-14)16(13)17(19)18-10-11-20-12-18/h2-9H,10-12H2,1H3. The Morgan fingerprint density at radius 2 is 1.90 bits per heavy atom. The van der Waals surface area contributed by atoms with Gasteiger partial charge in [0.15, 0.2) is 0 Å². The van der Waals surface area contributed by atoms with Crippen molar-refractivity contribution in [3.05, 3.63) is 59.7 Å². The summed E-state index contributed by atoms with van der Waals surface area (Å²) in [7, 11) is 0. The summed E-state index contributed by atoms with van der Waals surface area (Å²) in [4.78, 5) is 14.7.